The molecule has 0 fully saturated rings. The fourth-order valence-electron chi connectivity index (χ4n) is 3.13. The molecule has 0 aliphatic carbocycles. The molecule has 0 aromatic heterocycles. The van der Waals surface area contributed by atoms with Gasteiger partial charge in [0, 0.05) is 12.1 Å². The zero-order valence-electron chi connectivity index (χ0n) is 18.0. The number of aryl methyl sites for hydroxylation is 1. The van der Waals surface area contributed by atoms with Crippen LogP contribution in [-0.4, -0.2) is 25.6 Å². The Morgan fingerprint density at radius 3 is 2.03 bits per heavy atom. The Balaban J connectivity index is 1.90. The highest BCUT2D eigenvalue weighted by atomic mass is 16.5. The van der Waals surface area contributed by atoms with Crippen LogP contribution in [0.4, 0.5) is 5.69 Å². The van der Waals surface area contributed by atoms with Gasteiger partial charge in [0.25, 0.3) is 5.91 Å². The second-order valence-electron chi connectivity index (χ2n) is 7.68. The van der Waals surface area contributed by atoms with Gasteiger partial charge in [0.15, 0.2) is 6.61 Å². The van der Waals surface area contributed by atoms with Gasteiger partial charge in [-0.15, -0.1) is 0 Å². The summed E-state index contributed by atoms with van der Waals surface area (Å²) in [6.45, 7) is 8.08. The maximum Gasteiger partial charge on any atom is 0.306 e. The zero-order valence-corrected chi connectivity index (χ0v) is 18.0. The Hall–Kier alpha value is -2.82. The van der Waals surface area contributed by atoms with Gasteiger partial charge >= 0.3 is 5.97 Å². The summed E-state index contributed by atoms with van der Waals surface area (Å²) in [4.78, 5) is 24.4. The van der Waals surface area contributed by atoms with Gasteiger partial charge in [-0.05, 0) is 47.1 Å². The summed E-state index contributed by atoms with van der Waals surface area (Å²) in [5.41, 5.74) is 4.00. The Kier molecular flexibility index (Phi) is 8.25. The molecule has 2 aromatic carbocycles. The lowest BCUT2D eigenvalue weighted by Gasteiger charge is -2.20. The minimum atomic E-state index is -0.391. The molecule has 29 heavy (non-hydrogen) atoms. The molecule has 0 saturated carbocycles. The summed E-state index contributed by atoms with van der Waals surface area (Å²) in [7, 11) is 1.61. The first-order valence-electron chi connectivity index (χ1n) is 10.0. The number of rotatable bonds is 9. The fourth-order valence-corrected chi connectivity index (χ4v) is 3.13. The van der Waals surface area contributed by atoms with Crippen molar-refractivity contribution in [2.75, 3.05) is 19.0 Å². The minimum absolute atomic E-state index is 0.222. The molecule has 156 valence electrons. The molecule has 1 N–H and O–H groups in total. The molecular formula is C24H31NO4. The zero-order chi connectivity index (χ0) is 21.4. The number of amides is 1. The van der Waals surface area contributed by atoms with Crippen molar-refractivity contribution < 1.29 is 19.1 Å². The van der Waals surface area contributed by atoms with Gasteiger partial charge in [0.05, 0.1) is 7.11 Å². The predicted molar refractivity (Wildman–Crippen MR) is 116 cm³/mol. The average Bonchev–Trinajstić information content (AvgIpc) is 2.70. The number of methoxy groups -OCH3 is 1. The Morgan fingerprint density at radius 1 is 0.931 bits per heavy atom. The topological polar surface area (TPSA) is 64.6 Å². The largest absolute Gasteiger partial charge is 0.497 e. The lowest BCUT2D eigenvalue weighted by Crippen LogP contribution is -2.22. The number of ether oxygens (including phenoxy) is 2. The van der Waals surface area contributed by atoms with Gasteiger partial charge in [-0.2, -0.15) is 0 Å². The lowest BCUT2D eigenvalue weighted by atomic mass is 9.92. The van der Waals surface area contributed by atoms with Crippen LogP contribution in [0.25, 0.3) is 0 Å². The number of carbonyl (C=O) groups excluding carboxylic acids is 2. The van der Waals surface area contributed by atoms with Crippen molar-refractivity contribution in [3.05, 3.63) is 59.2 Å². The van der Waals surface area contributed by atoms with Crippen LogP contribution in [0, 0.1) is 0 Å². The van der Waals surface area contributed by atoms with Gasteiger partial charge in [-0.1, -0.05) is 58.0 Å². The molecule has 0 aliphatic heterocycles. The lowest BCUT2D eigenvalue weighted by molar-refractivity contribution is -0.147. The molecule has 0 aliphatic rings. The van der Waals surface area contributed by atoms with Crippen molar-refractivity contribution in [1.82, 2.24) is 0 Å². The van der Waals surface area contributed by atoms with Crippen LogP contribution < -0.4 is 10.1 Å². The van der Waals surface area contributed by atoms with Gasteiger partial charge in [-0.25, -0.2) is 0 Å². The maximum absolute atomic E-state index is 12.4. The molecule has 2 rings (SSSR count). The highest BCUT2D eigenvalue weighted by Gasteiger charge is 2.16. The van der Waals surface area contributed by atoms with Crippen molar-refractivity contribution in [2.24, 2.45) is 0 Å². The summed E-state index contributed by atoms with van der Waals surface area (Å²) in [5, 5.41) is 2.95. The number of para-hydroxylation sites is 1. The van der Waals surface area contributed by atoms with E-state index in [0.717, 1.165) is 28.1 Å². The van der Waals surface area contributed by atoms with Gasteiger partial charge in [0.2, 0.25) is 0 Å². The SMILES string of the molecule is COc1ccc(CCC(=O)OCC(=O)Nc2c(C(C)C)cccc2C(C)C)cc1. The summed E-state index contributed by atoms with van der Waals surface area (Å²) in [6, 6.07) is 13.6. The van der Waals surface area contributed by atoms with Crippen molar-refractivity contribution in [1.29, 1.82) is 0 Å². The molecule has 5 heteroatoms. The van der Waals surface area contributed by atoms with Gasteiger partial charge in [0.1, 0.15) is 5.75 Å². The van der Waals surface area contributed by atoms with Crippen LogP contribution in [0.3, 0.4) is 0 Å². The molecular weight excluding hydrogens is 366 g/mol. The Morgan fingerprint density at radius 2 is 1.52 bits per heavy atom. The molecule has 0 saturated heterocycles. The van der Waals surface area contributed by atoms with E-state index >= 15 is 0 Å². The monoisotopic (exact) mass is 397 g/mol. The molecule has 0 radical (unpaired) electrons. The van der Waals surface area contributed by atoms with E-state index in [1.54, 1.807) is 7.11 Å². The summed E-state index contributed by atoms with van der Waals surface area (Å²) >= 11 is 0. The molecule has 1 amide bonds. The third-order valence-electron chi connectivity index (χ3n) is 4.78. The van der Waals surface area contributed by atoms with Crippen LogP contribution in [-0.2, 0) is 20.7 Å². The number of carbonyl (C=O) groups is 2. The average molecular weight is 398 g/mol. The van der Waals surface area contributed by atoms with Crippen LogP contribution >= 0.6 is 0 Å². The third kappa shape index (κ3) is 6.63. The molecule has 0 bridgehead atoms. The van der Waals surface area contributed by atoms with Crippen molar-refractivity contribution in [3.63, 3.8) is 0 Å². The van der Waals surface area contributed by atoms with Gasteiger partial charge in [-0.3, -0.25) is 9.59 Å². The number of nitrogens with one attached hydrogen (secondary N) is 1. The third-order valence-corrected chi connectivity index (χ3v) is 4.78. The molecule has 0 unspecified atom stereocenters. The highest BCUT2D eigenvalue weighted by Crippen LogP contribution is 2.32. The molecule has 2 aromatic rings. The predicted octanol–water partition coefficient (Wildman–Crippen LogP) is 5.06. The molecule has 0 heterocycles. The van der Waals surface area contributed by atoms with Crippen molar-refractivity contribution in [3.8, 4) is 5.75 Å². The fraction of sp³-hybridized carbons (Fsp3) is 0.417. The van der Waals surface area contributed by atoms with Crippen LogP contribution in [0.5, 0.6) is 5.75 Å². The van der Waals surface area contributed by atoms with Crippen LogP contribution in [0.1, 0.15) is 62.6 Å². The van der Waals surface area contributed by atoms with E-state index in [-0.39, 0.29) is 30.8 Å². The van der Waals surface area contributed by atoms with Crippen LogP contribution in [0.2, 0.25) is 0 Å². The van der Waals surface area contributed by atoms with Crippen LogP contribution in [0.15, 0.2) is 42.5 Å². The van der Waals surface area contributed by atoms with E-state index in [9.17, 15) is 9.59 Å². The van der Waals surface area contributed by atoms with E-state index in [1.165, 1.54) is 0 Å². The molecule has 5 nitrogen and oxygen atoms in total. The van der Waals surface area contributed by atoms with E-state index in [1.807, 2.05) is 42.5 Å². The second-order valence-corrected chi connectivity index (χ2v) is 7.68. The first kappa shape index (κ1) is 22.5. The van der Waals surface area contributed by atoms with E-state index in [0.29, 0.717) is 6.42 Å². The smallest absolute Gasteiger partial charge is 0.306 e. The number of anilines is 1. The van der Waals surface area contributed by atoms with E-state index in [2.05, 4.69) is 33.0 Å². The quantitative estimate of drug-likeness (QED) is 0.601. The normalized spacial score (nSPS) is 10.9. The number of esters is 1. The standard InChI is InChI=1S/C24H31NO4/c1-16(2)20-7-6-8-21(17(3)4)24(20)25-22(26)15-29-23(27)14-11-18-9-12-19(28-5)13-10-18/h6-10,12-13,16-17H,11,14-15H2,1-5H3,(H,25,26). The highest BCUT2D eigenvalue weighted by molar-refractivity contribution is 5.94. The number of hydrogen-bond acceptors (Lipinski definition) is 4. The van der Waals surface area contributed by atoms with Crippen molar-refractivity contribution >= 4 is 17.6 Å². The molecule has 0 spiro atoms. The Labute approximate surface area is 173 Å². The number of benzene rings is 2. The minimum Gasteiger partial charge on any atom is -0.497 e. The van der Waals surface area contributed by atoms with E-state index < -0.39 is 5.97 Å². The van der Waals surface area contributed by atoms with Gasteiger partial charge < -0.3 is 14.8 Å². The first-order valence-corrected chi connectivity index (χ1v) is 10.0. The maximum atomic E-state index is 12.4. The molecule has 0 atom stereocenters. The summed E-state index contributed by atoms with van der Waals surface area (Å²) in [5.74, 6) is 0.609. The van der Waals surface area contributed by atoms with E-state index in [4.69, 9.17) is 9.47 Å². The van der Waals surface area contributed by atoms with Crippen molar-refractivity contribution in [2.45, 2.75) is 52.4 Å². The first-order chi connectivity index (χ1) is 13.8. The summed E-state index contributed by atoms with van der Waals surface area (Å²) < 4.78 is 10.3. The summed E-state index contributed by atoms with van der Waals surface area (Å²) in [6.07, 6.45) is 0.775. The Bertz CT molecular complexity index is 799. The second kappa shape index (κ2) is 10.6. The number of hydrogen-bond donors (Lipinski definition) is 1.